The number of anilines is 1. The highest BCUT2D eigenvalue weighted by Crippen LogP contribution is 2.30. The summed E-state index contributed by atoms with van der Waals surface area (Å²) in [7, 11) is 0. The van der Waals surface area contributed by atoms with E-state index in [0.29, 0.717) is 6.04 Å². The third-order valence-corrected chi connectivity index (χ3v) is 4.29. The molecule has 0 fully saturated rings. The molecule has 4 heteroatoms. The summed E-state index contributed by atoms with van der Waals surface area (Å²) in [5.74, 6) is 0. The van der Waals surface area contributed by atoms with E-state index in [1.54, 1.807) is 0 Å². The lowest BCUT2D eigenvalue weighted by Gasteiger charge is -2.33. The summed E-state index contributed by atoms with van der Waals surface area (Å²) in [6.07, 6.45) is 4.15. The minimum Gasteiger partial charge on any atom is -0.367 e. The van der Waals surface area contributed by atoms with Crippen LogP contribution in [-0.4, -0.2) is 22.9 Å². The molecule has 1 heterocycles. The van der Waals surface area contributed by atoms with Crippen LogP contribution < -0.4 is 4.90 Å². The zero-order valence-corrected chi connectivity index (χ0v) is 14.3. The smallest absolute Gasteiger partial charge is 0.0737 e. The fourth-order valence-electron chi connectivity index (χ4n) is 2.68. The van der Waals surface area contributed by atoms with E-state index in [0.717, 1.165) is 35.3 Å². The van der Waals surface area contributed by atoms with Gasteiger partial charge in [-0.2, -0.15) is 0 Å². The first-order valence-corrected chi connectivity index (χ1v) is 8.58. The molecule has 0 atom stereocenters. The van der Waals surface area contributed by atoms with Gasteiger partial charge in [0.15, 0.2) is 0 Å². The maximum absolute atomic E-state index is 6.07. The molecule has 0 unspecified atom stereocenters. The van der Waals surface area contributed by atoms with E-state index in [9.17, 15) is 0 Å². The Morgan fingerprint density at radius 3 is 2.65 bits per heavy atom. The zero-order valence-electron chi connectivity index (χ0n) is 11.9. The molecule has 0 aliphatic heterocycles. The van der Waals surface area contributed by atoms with Crippen molar-refractivity contribution in [3.8, 4) is 0 Å². The summed E-state index contributed by atoms with van der Waals surface area (Å²) in [4.78, 5) is 6.91. The monoisotopic (exact) mass is 354 g/mol. The SMILES string of the molecule is CCC(CC)N(CCBr)c1ccnc2cc(Cl)ccc12. The van der Waals surface area contributed by atoms with Crippen molar-refractivity contribution in [3.63, 3.8) is 0 Å². The minimum atomic E-state index is 0.550. The van der Waals surface area contributed by atoms with Gasteiger partial charge in [-0.3, -0.25) is 4.98 Å². The van der Waals surface area contributed by atoms with Gasteiger partial charge in [-0.05, 0) is 37.1 Å². The highest BCUT2D eigenvalue weighted by atomic mass is 79.9. The number of pyridine rings is 1. The van der Waals surface area contributed by atoms with Crippen molar-refractivity contribution in [2.75, 3.05) is 16.8 Å². The van der Waals surface area contributed by atoms with Crippen molar-refractivity contribution in [2.45, 2.75) is 32.7 Å². The van der Waals surface area contributed by atoms with Crippen LogP contribution in [0.1, 0.15) is 26.7 Å². The van der Waals surface area contributed by atoms with Gasteiger partial charge in [-0.1, -0.05) is 41.4 Å². The molecule has 0 bridgehead atoms. The summed E-state index contributed by atoms with van der Waals surface area (Å²) in [5, 5.41) is 2.86. The Hall–Kier alpha value is -0.800. The molecule has 0 radical (unpaired) electrons. The van der Waals surface area contributed by atoms with Gasteiger partial charge in [0.2, 0.25) is 0 Å². The van der Waals surface area contributed by atoms with Gasteiger partial charge < -0.3 is 4.90 Å². The molecule has 0 saturated carbocycles. The molecule has 0 aliphatic rings. The van der Waals surface area contributed by atoms with Crippen LogP contribution in [0.4, 0.5) is 5.69 Å². The van der Waals surface area contributed by atoms with Crippen molar-refractivity contribution in [1.29, 1.82) is 0 Å². The summed E-state index contributed by atoms with van der Waals surface area (Å²) < 4.78 is 0. The number of hydrogen-bond acceptors (Lipinski definition) is 2. The van der Waals surface area contributed by atoms with Gasteiger partial charge in [0, 0.05) is 40.2 Å². The third kappa shape index (κ3) is 3.26. The van der Waals surface area contributed by atoms with Gasteiger partial charge in [-0.15, -0.1) is 0 Å². The predicted molar refractivity (Wildman–Crippen MR) is 92.3 cm³/mol. The van der Waals surface area contributed by atoms with Crippen molar-refractivity contribution in [1.82, 2.24) is 4.98 Å². The van der Waals surface area contributed by atoms with E-state index in [-0.39, 0.29) is 0 Å². The molecule has 2 rings (SSSR count). The van der Waals surface area contributed by atoms with Crippen LogP contribution in [0, 0.1) is 0 Å². The van der Waals surface area contributed by atoms with Crippen LogP contribution in [0.25, 0.3) is 10.9 Å². The maximum Gasteiger partial charge on any atom is 0.0737 e. The first-order valence-electron chi connectivity index (χ1n) is 7.08. The first-order chi connectivity index (χ1) is 9.71. The van der Waals surface area contributed by atoms with E-state index in [1.807, 2.05) is 18.3 Å². The Kier molecular flexibility index (Phi) is 5.67. The Morgan fingerprint density at radius 2 is 2.00 bits per heavy atom. The average Bonchev–Trinajstić information content (AvgIpc) is 2.46. The highest BCUT2D eigenvalue weighted by Gasteiger charge is 2.17. The van der Waals surface area contributed by atoms with Crippen LogP contribution in [-0.2, 0) is 0 Å². The second-order valence-electron chi connectivity index (χ2n) is 4.84. The summed E-state index contributed by atoms with van der Waals surface area (Å²) >= 11 is 9.64. The van der Waals surface area contributed by atoms with Crippen molar-refractivity contribution in [2.24, 2.45) is 0 Å². The zero-order chi connectivity index (χ0) is 14.5. The van der Waals surface area contributed by atoms with E-state index in [1.165, 1.54) is 11.1 Å². The largest absolute Gasteiger partial charge is 0.367 e. The summed E-state index contributed by atoms with van der Waals surface area (Å²) in [5.41, 5.74) is 2.21. The number of alkyl halides is 1. The number of aromatic nitrogens is 1. The van der Waals surface area contributed by atoms with Crippen LogP contribution in [0.5, 0.6) is 0 Å². The number of nitrogens with zero attached hydrogens (tertiary/aromatic N) is 2. The highest BCUT2D eigenvalue weighted by molar-refractivity contribution is 9.09. The average molecular weight is 356 g/mol. The molecule has 0 saturated heterocycles. The molecule has 1 aromatic heterocycles. The fourth-order valence-corrected chi connectivity index (χ4v) is 3.23. The Bertz CT molecular complexity index is 569. The molecular formula is C16H20BrClN2. The number of benzene rings is 1. The topological polar surface area (TPSA) is 16.1 Å². The molecule has 1 aromatic carbocycles. The second-order valence-corrected chi connectivity index (χ2v) is 6.07. The minimum absolute atomic E-state index is 0.550. The van der Waals surface area contributed by atoms with E-state index in [4.69, 9.17) is 11.6 Å². The summed E-state index contributed by atoms with van der Waals surface area (Å²) in [6.45, 7) is 5.49. The van der Waals surface area contributed by atoms with Crippen molar-refractivity contribution >= 4 is 44.1 Å². The van der Waals surface area contributed by atoms with E-state index in [2.05, 4.69) is 51.8 Å². The lowest BCUT2D eigenvalue weighted by Crippen LogP contribution is -2.36. The Balaban J connectivity index is 2.52. The van der Waals surface area contributed by atoms with Crippen LogP contribution in [0.2, 0.25) is 5.02 Å². The number of fused-ring (bicyclic) bond motifs is 1. The maximum atomic E-state index is 6.07. The van der Waals surface area contributed by atoms with Crippen LogP contribution in [0.3, 0.4) is 0 Å². The lowest BCUT2D eigenvalue weighted by atomic mass is 10.1. The molecule has 2 nitrogen and oxygen atoms in total. The van der Waals surface area contributed by atoms with Gasteiger partial charge >= 0.3 is 0 Å². The number of rotatable bonds is 6. The standard InChI is InChI=1S/C16H20BrClN2/c1-3-13(4-2)20(10-8-17)16-7-9-19-15-11-12(18)5-6-14(15)16/h5-7,9,11,13H,3-4,8,10H2,1-2H3. The lowest BCUT2D eigenvalue weighted by molar-refractivity contribution is 0.570. The fraction of sp³-hybridized carbons (Fsp3) is 0.438. The molecule has 0 amide bonds. The number of hydrogen-bond donors (Lipinski definition) is 0. The Labute approximate surface area is 134 Å². The van der Waals surface area contributed by atoms with Crippen LogP contribution in [0.15, 0.2) is 30.5 Å². The van der Waals surface area contributed by atoms with Crippen molar-refractivity contribution < 1.29 is 0 Å². The molecular weight excluding hydrogens is 336 g/mol. The van der Waals surface area contributed by atoms with Gasteiger partial charge in [-0.25, -0.2) is 0 Å². The second kappa shape index (κ2) is 7.28. The molecule has 0 aliphatic carbocycles. The Morgan fingerprint density at radius 1 is 1.25 bits per heavy atom. The molecule has 0 spiro atoms. The molecule has 0 N–H and O–H groups in total. The van der Waals surface area contributed by atoms with Crippen LogP contribution >= 0.6 is 27.5 Å². The summed E-state index contributed by atoms with van der Waals surface area (Å²) in [6, 6.07) is 8.60. The van der Waals surface area contributed by atoms with Crippen molar-refractivity contribution in [3.05, 3.63) is 35.5 Å². The quantitative estimate of drug-likeness (QED) is 0.655. The van der Waals surface area contributed by atoms with Gasteiger partial charge in [0.1, 0.15) is 0 Å². The molecule has 108 valence electrons. The number of halogens is 2. The predicted octanol–water partition coefficient (Wildman–Crippen LogP) is 5.28. The van der Waals surface area contributed by atoms with E-state index < -0.39 is 0 Å². The van der Waals surface area contributed by atoms with E-state index >= 15 is 0 Å². The van der Waals surface area contributed by atoms with Gasteiger partial charge in [0.05, 0.1) is 5.52 Å². The molecule has 2 aromatic rings. The third-order valence-electron chi connectivity index (χ3n) is 3.70. The normalized spacial score (nSPS) is 11.2. The van der Waals surface area contributed by atoms with Gasteiger partial charge in [0.25, 0.3) is 0 Å². The first kappa shape index (κ1) is 15.6. The molecule has 20 heavy (non-hydrogen) atoms.